The zero-order valence-electron chi connectivity index (χ0n) is 21.2. The van der Waals surface area contributed by atoms with Crippen LogP contribution >= 0.6 is 11.8 Å². The number of fused-ring (bicyclic) bond motifs is 2. The molecule has 1 amide bonds. The van der Waals surface area contributed by atoms with Gasteiger partial charge in [0.05, 0.1) is 41.4 Å². The number of amides is 1. The molecule has 3 aromatic rings. The average Bonchev–Trinajstić information content (AvgIpc) is 3.72. The third-order valence-electron chi connectivity index (χ3n) is 8.30. The molecule has 2 fully saturated rings. The number of hydrogen-bond donors (Lipinski definition) is 0. The number of nitrogens with zero attached hydrogens (tertiary/aromatic N) is 5. The molecule has 2 saturated heterocycles. The molecule has 0 bridgehead atoms. The van der Waals surface area contributed by atoms with Crippen LogP contribution in [0.3, 0.4) is 0 Å². The SMILES string of the molecule is Cn1c(-c2ccccc2)c(N2CCN([N@@+]34C=CC=C3C=C(C(=O)N3CCSC3)C4)CC2)c2ccccc21. The van der Waals surface area contributed by atoms with Crippen LogP contribution in [0.5, 0.6) is 0 Å². The highest BCUT2D eigenvalue weighted by Gasteiger charge is 2.48. The molecule has 4 aliphatic heterocycles. The van der Waals surface area contributed by atoms with Gasteiger partial charge in [0.15, 0.2) is 5.70 Å². The Balaban J connectivity index is 1.16. The van der Waals surface area contributed by atoms with Crippen molar-refractivity contribution < 1.29 is 9.39 Å². The lowest BCUT2D eigenvalue weighted by Gasteiger charge is -2.44. The molecule has 1 atom stereocenters. The van der Waals surface area contributed by atoms with E-state index in [9.17, 15) is 4.79 Å². The number of rotatable bonds is 4. The van der Waals surface area contributed by atoms with Crippen LogP contribution in [0.1, 0.15) is 0 Å². The molecule has 0 aliphatic carbocycles. The van der Waals surface area contributed by atoms with E-state index in [0.717, 1.165) is 56.5 Å². The molecule has 0 spiro atoms. The minimum absolute atomic E-state index is 0.216. The van der Waals surface area contributed by atoms with E-state index < -0.39 is 0 Å². The molecular formula is C30H32N5OS+. The monoisotopic (exact) mass is 510 g/mol. The smallest absolute Gasteiger partial charge is 0.256 e. The summed E-state index contributed by atoms with van der Waals surface area (Å²) in [5.41, 5.74) is 7.29. The Morgan fingerprint density at radius 1 is 0.946 bits per heavy atom. The predicted octanol–water partition coefficient (Wildman–Crippen LogP) is 4.58. The van der Waals surface area contributed by atoms with E-state index in [1.807, 2.05) is 16.7 Å². The number of hydrogen-bond acceptors (Lipinski definition) is 4. The normalized spacial score (nSPS) is 23.6. The van der Waals surface area contributed by atoms with Crippen molar-refractivity contribution in [1.29, 1.82) is 0 Å². The van der Waals surface area contributed by atoms with Crippen LogP contribution < -0.4 is 4.90 Å². The number of allylic oxidation sites excluding steroid dienone is 3. The Morgan fingerprint density at radius 2 is 1.73 bits per heavy atom. The summed E-state index contributed by atoms with van der Waals surface area (Å²) in [5, 5.41) is 3.86. The Bertz CT molecular complexity index is 1460. The van der Waals surface area contributed by atoms with Crippen LogP contribution in [-0.4, -0.2) is 75.9 Å². The molecule has 1 aromatic heterocycles. The fourth-order valence-corrected chi connectivity index (χ4v) is 7.39. The molecule has 0 N–H and O–H groups in total. The number of carbonyl (C=O) groups excluding carboxylic acids is 1. The summed E-state index contributed by atoms with van der Waals surface area (Å²) >= 11 is 1.84. The van der Waals surface area contributed by atoms with Crippen molar-refractivity contribution in [2.24, 2.45) is 7.05 Å². The third kappa shape index (κ3) is 3.60. The predicted molar refractivity (Wildman–Crippen MR) is 152 cm³/mol. The van der Waals surface area contributed by atoms with E-state index in [-0.39, 0.29) is 5.91 Å². The lowest BCUT2D eigenvalue weighted by Crippen LogP contribution is -2.60. The molecule has 6 nitrogen and oxygen atoms in total. The minimum atomic E-state index is 0.216. The third-order valence-corrected chi connectivity index (χ3v) is 9.26. The lowest BCUT2D eigenvalue weighted by molar-refractivity contribution is -0.948. The number of aryl methyl sites for hydroxylation is 1. The Labute approximate surface area is 222 Å². The second-order valence-electron chi connectivity index (χ2n) is 10.3. The first kappa shape index (κ1) is 22.9. The second kappa shape index (κ2) is 8.94. The highest BCUT2D eigenvalue weighted by atomic mass is 32.2. The summed E-state index contributed by atoms with van der Waals surface area (Å²) in [4.78, 5) is 17.8. The first-order valence-corrected chi connectivity index (χ1v) is 14.3. The first-order chi connectivity index (χ1) is 18.2. The highest BCUT2D eigenvalue weighted by molar-refractivity contribution is 7.99. The number of aromatic nitrogens is 1. The Kier molecular flexibility index (Phi) is 5.53. The maximum atomic E-state index is 13.2. The molecular weight excluding hydrogens is 478 g/mol. The number of benzene rings is 2. The second-order valence-corrected chi connectivity index (χ2v) is 11.3. The van der Waals surface area contributed by atoms with E-state index in [4.69, 9.17) is 0 Å². The Morgan fingerprint density at radius 3 is 2.51 bits per heavy atom. The molecule has 7 heteroatoms. The maximum Gasteiger partial charge on any atom is 0.256 e. The van der Waals surface area contributed by atoms with Gasteiger partial charge in [-0.25, -0.2) is 0 Å². The number of anilines is 1. The molecule has 0 unspecified atom stereocenters. The van der Waals surface area contributed by atoms with Crippen LogP contribution in [0, 0.1) is 0 Å². The van der Waals surface area contributed by atoms with E-state index >= 15 is 0 Å². The molecule has 5 heterocycles. The molecule has 0 radical (unpaired) electrons. The number of thioether (sulfide) groups is 1. The molecule has 2 aromatic carbocycles. The molecule has 4 aliphatic rings. The fraction of sp³-hybridized carbons (Fsp3) is 0.300. The number of carbonyl (C=O) groups is 1. The number of para-hydroxylation sites is 1. The van der Waals surface area contributed by atoms with Gasteiger partial charge in [-0.15, -0.1) is 16.8 Å². The van der Waals surface area contributed by atoms with Crippen molar-refractivity contribution in [3.05, 3.63) is 90.3 Å². The summed E-state index contributed by atoms with van der Waals surface area (Å²) in [6, 6.07) is 19.5. The van der Waals surface area contributed by atoms with Crippen molar-refractivity contribution in [2.45, 2.75) is 0 Å². The largest absolute Gasteiger partial charge is 0.366 e. The van der Waals surface area contributed by atoms with Crippen molar-refractivity contribution in [3.8, 4) is 11.3 Å². The summed E-state index contributed by atoms with van der Waals surface area (Å²) in [5.74, 6) is 2.08. The Hall–Kier alpha value is -3.26. The van der Waals surface area contributed by atoms with Gasteiger partial charge in [-0.2, -0.15) is 4.59 Å². The molecule has 188 valence electrons. The molecule has 7 rings (SSSR count). The zero-order chi connectivity index (χ0) is 25.0. The average molecular weight is 511 g/mol. The first-order valence-electron chi connectivity index (χ1n) is 13.1. The van der Waals surface area contributed by atoms with Gasteiger partial charge in [0.25, 0.3) is 5.91 Å². The standard InChI is InChI=1S/C30H32N5OS/c1-31-27-12-6-5-11-26(27)29(28(31)23-8-3-2-4-9-23)32-13-15-34(16-14-32)35-18-7-10-25(35)20-24(21-35)30(36)33-17-19-37-22-33/h2-12,18,20H,13-17,19,21-22H2,1H3/q+1/t35-/m1/s1. The van der Waals surface area contributed by atoms with Crippen molar-refractivity contribution in [2.75, 3.05) is 55.8 Å². The molecule has 0 saturated carbocycles. The van der Waals surface area contributed by atoms with Crippen molar-refractivity contribution in [1.82, 2.24) is 14.5 Å². The van der Waals surface area contributed by atoms with Crippen LogP contribution in [0.2, 0.25) is 0 Å². The van der Waals surface area contributed by atoms with Gasteiger partial charge in [-0.3, -0.25) is 4.79 Å². The van der Waals surface area contributed by atoms with Crippen molar-refractivity contribution in [3.63, 3.8) is 0 Å². The van der Waals surface area contributed by atoms with E-state index in [1.165, 1.54) is 33.5 Å². The maximum absolute atomic E-state index is 13.2. The zero-order valence-corrected chi connectivity index (χ0v) is 22.0. The van der Waals surface area contributed by atoms with Crippen LogP contribution in [0.25, 0.3) is 22.2 Å². The van der Waals surface area contributed by atoms with Gasteiger partial charge in [0.1, 0.15) is 12.7 Å². The van der Waals surface area contributed by atoms with E-state index in [1.54, 1.807) is 0 Å². The minimum Gasteiger partial charge on any atom is -0.366 e. The van der Waals surface area contributed by atoms with Gasteiger partial charge >= 0.3 is 0 Å². The van der Waals surface area contributed by atoms with Crippen LogP contribution in [0.15, 0.2) is 90.3 Å². The highest BCUT2D eigenvalue weighted by Crippen LogP contribution is 2.42. The summed E-state index contributed by atoms with van der Waals surface area (Å²) < 4.78 is 3.01. The van der Waals surface area contributed by atoms with Gasteiger partial charge < -0.3 is 14.4 Å². The van der Waals surface area contributed by atoms with Gasteiger partial charge in [0.2, 0.25) is 0 Å². The summed E-state index contributed by atoms with van der Waals surface area (Å²) in [6.07, 6.45) is 8.76. The van der Waals surface area contributed by atoms with Crippen molar-refractivity contribution >= 4 is 34.3 Å². The van der Waals surface area contributed by atoms with Gasteiger partial charge in [-0.05, 0) is 12.1 Å². The molecule has 37 heavy (non-hydrogen) atoms. The van der Waals surface area contributed by atoms with Crippen LogP contribution in [-0.2, 0) is 11.8 Å². The summed E-state index contributed by atoms with van der Waals surface area (Å²) in [7, 11) is 2.18. The number of quaternary nitrogens is 1. The van der Waals surface area contributed by atoms with Gasteiger partial charge in [0, 0.05) is 55.5 Å². The van der Waals surface area contributed by atoms with Crippen LogP contribution in [0.4, 0.5) is 5.69 Å². The lowest BCUT2D eigenvalue weighted by atomic mass is 10.1. The number of piperazine rings is 1. The quantitative estimate of drug-likeness (QED) is 0.481. The fourth-order valence-electron chi connectivity index (χ4n) is 6.45. The van der Waals surface area contributed by atoms with E-state index in [2.05, 4.69) is 101 Å². The van der Waals surface area contributed by atoms with E-state index in [0.29, 0.717) is 4.59 Å². The van der Waals surface area contributed by atoms with Gasteiger partial charge in [-0.1, -0.05) is 48.5 Å². The summed E-state index contributed by atoms with van der Waals surface area (Å²) in [6.45, 7) is 5.36. The topological polar surface area (TPSA) is 31.7 Å².